The van der Waals surface area contributed by atoms with Crippen LogP contribution in [0.15, 0.2) is 127 Å². The van der Waals surface area contributed by atoms with Gasteiger partial charge < -0.3 is 10.1 Å². The van der Waals surface area contributed by atoms with E-state index in [-0.39, 0.29) is 5.91 Å². The van der Waals surface area contributed by atoms with Crippen molar-refractivity contribution in [2.45, 2.75) is 12.8 Å². The highest BCUT2D eigenvalue weighted by atomic mass is 16.5. The maximum Gasteiger partial charge on any atom is 0.251 e. The van der Waals surface area contributed by atoms with E-state index in [2.05, 4.69) is 42.1 Å². The lowest BCUT2D eigenvalue weighted by molar-refractivity contribution is 0.0954. The Bertz CT molecular complexity index is 1600. The van der Waals surface area contributed by atoms with Gasteiger partial charge >= 0.3 is 0 Å². The fraction of sp³-hybridized carbons (Fsp3) is 0.0833. The molecule has 1 N–H and O–H groups in total. The zero-order chi connectivity index (χ0) is 27.6. The fourth-order valence-electron chi connectivity index (χ4n) is 4.43. The zero-order valence-corrected chi connectivity index (χ0v) is 22.1. The van der Waals surface area contributed by atoms with Gasteiger partial charge in [0, 0.05) is 12.1 Å². The van der Waals surface area contributed by atoms with Gasteiger partial charge in [-0.05, 0) is 95.6 Å². The number of carbonyl (C=O) groups is 1. The molecular formula is C36H29N2O2. The summed E-state index contributed by atoms with van der Waals surface area (Å²) < 4.78 is 5.85. The lowest BCUT2D eigenvalue weighted by Crippen LogP contribution is -2.25. The number of nitrogens with one attached hydrogen (secondary N) is 1. The van der Waals surface area contributed by atoms with E-state index in [0.717, 1.165) is 52.2 Å². The van der Waals surface area contributed by atoms with Crippen molar-refractivity contribution in [2.75, 3.05) is 6.54 Å². The van der Waals surface area contributed by atoms with Gasteiger partial charge in [-0.25, -0.2) is 0 Å². The fourth-order valence-corrected chi connectivity index (χ4v) is 4.43. The normalized spacial score (nSPS) is 10.5. The molecule has 1 amide bonds. The maximum absolute atomic E-state index is 12.8. The molecule has 5 aromatic rings. The largest absolute Gasteiger partial charge is 0.457 e. The first-order valence-corrected chi connectivity index (χ1v) is 13.3. The lowest BCUT2D eigenvalue weighted by atomic mass is 9.98. The molecule has 0 heterocycles. The van der Waals surface area contributed by atoms with Crippen LogP contribution in [0.3, 0.4) is 0 Å². The first kappa shape index (κ1) is 26.5. The summed E-state index contributed by atoms with van der Waals surface area (Å²) in [6.45, 7) is 0.545. The Kier molecular flexibility index (Phi) is 8.66. The molecule has 5 rings (SSSR count). The minimum Gasteiger partial charge on any atom is -0.457 e. The minimum absolute atomic E-state index is 0.0876. The number of amides is 1. The third-order valence-corrected chi connectivity index (χ3v) is 6.60. The van der Waals surface area contributed by atoms with Gasteiger partial charge in [0.15, 0.2) is 0 Å². The number of ether oxygens (including phenoxy) is 1. The van der Waals surface area contributed by atoms with Gasteiger partial charge in [0.05, 0.1) is 11.6 Å². The lowest BCUT2D eigenvalue weighted by Gasteiger charge is -2.09. The number of rotatable bonds is 10. The van der Waals surface area contributed by atoms with E-state index in [1.165, 1.54) is 0 Å². The summed E-state index contributed by atoms with van der Waals surface area (Å²) in [5.41, 5.74) is 6.70. The molecule has 0 bridgehead atoms. The average Bonchev–Trinajstić information content (AvgIpc) is 3.02. The van der Waals surface area contributed by atoms with Crippen molar-refractivity contribution in [1.29, 1.82) is 5.26 Å². The van der Waals surface area contributed by atoms with Crippen molar-refractivity contribution in [1.82, 2.24) is 5.32 Å². The molecule has 0 aliphatic heterocycles. The topological polar surface area (TPSA) is 62.1 Å². The van der Waals surface area contributed by atoms with Crippen molar-refractivity contribution < 1.29 is 9.53 Å². The van der Waals surface area contributed by atoms with E-state index in [1.54, 1.807) is 0 Å². The molecule has 40 heavy (non-hydrogen) atoms. The zero-order valence-electron chi connectivity index (χ0n) is 22.1. The van der Waals surface area contributed by atoms with Crippen LogP contribution in [0.1, 0.15) is 32.6 Å². The first-order valence-electron chi connectivity index (χ1n) is 13.3. The van der Waals surface area contributed by atoms with E-state index < -0.39 is 0 Å². The molecule has 0 atom stereocenters. The third kappa shape index (κ3) is 7.24. The Balaban J connectivity index is 1.12. The van der Waals surface area contributed by atoms with Crippen LogP contribution in [0.2, 0.25) is 0 Å². The molecule has 0 aromatic heterocycles. The number of nitriles is 1. The molecule has 0 spiro atoms. The summed E-state index contributed by atoms with van der Waals surface area (Å²) in [4.78, 5) is 12.8. The number of hydrogen-bond donors (Lipinski definition) is 1. The third-order valence-electron chi connectivity index (χ3n) is 6.60. The van der Waals surface area contributed by atoms with Gasteiger partial charge in [0.2, 0.25) is 0 Å². The Hall–Kier alpha value is -5.14. The maximum atomic E-state index is 12.8. The van der Waals surface area contributed by atoms with Gasteiger partial charge in [-0.2, -0.15) is 5.26 Å². The number of benzene rings is 5. The Morgan fingerprint density at radius 3 is 2.25 bits per heavy atom. The van der Waals surface area contributed by atoms with Crippen molar-refractivity contribution in [3.8, 4) is 28.7 Å². The minimum atomic E-state index is -0.0876. The van der Waals surface area contributed by atoms with E-state index in [0.29, 0.717) is 17.7 Å². The number of hydrogen-bond acceptors (Lipinski definition) is 3. The highest BCUT2D eigenvalue weighted by molar-refractivity contribution is 5.95. The summed E-state index contributed by atoms with van der Waals surface area (Å²) in [6, 6.07) is 43.5. The molecule has 0 fully saturated rings. The summed E-state index contributed by atoms with van der Waals surface area (Å²) in [5.74, 6) is 1.50. The van der Waals surface area contributed by atoms with Crippen LogP contribution in [0.5, 0.6) is 11.5 Å². The predicted molar refractivity (Wildman–Crippen MR) is 159 cm³/mol. The van der Waals surface area contributed by atoms with Crippen LogP contribution < -0.4 is 10.1 Å². The van der Waals surface area contributed by atoms with E-state index >= 15 is 0 Å². The highest BCUT2D eigenvalue weighted by Crippen LogP contribution is 2.23. The average molecular weight is 522 g/mol. The summed E-state index contributed by atoms with van der Waals surface area (Å²) >= 11 is 0. The Morgan fingerprint density at radius 2 is 1.48 bits per heavy atom. The van der Waals surface area contributed by atoms with Gasteiger partial charge in [0.1, 0.15) is 11.5 Å². The number of para-hydroxylation sites is 1. The van der Waals surface area contributed by atoms with Crippen LogP contribution in [-0.4, -0.2) is 12.5 Å². The summed E-state index contributed by atoms with van der Waals surface area (Å²) in [6.07, 6.45) is 3.64. The van der Waals surface area contributed by atoms with Crippen molar-refractivity contribution in [2.24, 2.45) is 0 Å². The molecule has 0 saturated carbocycles. The van der Waals surface area contributed by atoms with Crippen LogP contribution in [-0.2, 0) is 12.8 Å². The van der Waals surface area contributed by atoms with Crippen LogP contribution in [0.25, 0.3) is 11.1 Å². The van der Waals surface area contributed by atoms with Gasteiger partial charge in [-0.3, -0.25) is 4.79 Å². The molecule has 0 aliphatic carbocycles. The molecule has 5 aromatic carbocycles. The Morgan fingerprint density at radius 1 is 0.725 bits per heavy atom. The van der Waals surface area contributed by atoms with Crippen molar-refractivity contribution in [3.05, 3.63) is 162 Å². The molecule has 0 unspecified atom stereocenters. The molecule has 195 valence electrons. The molecular weight excluding hydrogens is 492 g/mol. The van der Waals surface area contributed by atoms with Crippen LogP contribution in [0.4, 0.5) is 0 Å². The number of nitrogens with zero attached hydrogens (tertiary/aromatic N) is 1. The van der Waals surface area contributed by atoms with E-state index in [9.17, 15) is 4.79 Å². The predicted octanol–water partition coefficient (Wildman–Crippen LogP) is 7.79. The molecule has 4 heteroatoms. The molecule has 0 saturated heterocycles. The molecule has 0 aliphatic rings. The van der Waals surface area contributed by atoms with Crippen molar-refractivity contribution >= 4 is 5.91 Å². The van der Waals surface area contributed by atoms with E-state index in [4.69, 9.17) is 10.00 Å². The number of carbonyl (C=O) groups excluding carboxylic acids is 1. The second kappa shape index (κ2) is 13.1. The molecule has 1 radical (unpaired) electrons. The van der Waals surface area contributed by atoms with E-state index in [1.807, 2.05) is 103 Å². The van der Waals surface area contributed by atoms with Gasteiger partial charge in [-0.15, -0.1) is 0 Å². The molecule has 4 nitrogen and oxygen atoms in total. The monoisotopic (exact) mass is 521 g/mol. The van der Waals surface area contributed by atoms with Crippen LogP contribution >= 0.6 is 0 Å². The SMILES string of the molecule is N#Cc1cccc(C[CH]c2ccc(-c3cccc(C(=O)NCCc4ccc(Oc5ccccc5)cc4)c3)cc2)c1. The second-order valence-electron chi connectivity index (χ2n) is 9.49. The standard InChI is InChI=1S/C36H29N2O2/c37-26-30-7-4-6-29(24-30)13-12-27-14-18-31(19-15-27)32-8-5-9-33(25-32)36(39)38-23-22-28-16-20-35(21-17-28)40-34-10-2-1-3-11-34/h1-12,14-21,24-25H,13,22-23H2,(H,38,39). The quantitative estimate of drug-likeness (QED) is 0.204. The summed E-state index contributed by atoms with van der Waals surface area (Å²) in [5, 5.41) is 12.1. The van der Waals surface area contributed by atoms with Crippen LogP contribution in [0, 0.1) is 17.8 Å². The van der Waals surface area contributed by atoms with Gasteiger partial charge in [0.25, 0.3) is 5.91 Å². The first-order chi connectivity index (χ1) is 19.7. The van der Waals surface area contributed by atoms with Crippen molar-refractivity contribution in [3.63, 3.8) is 0 Å². The smallest absolute Gasteiger partial charge is 0.251 e. The van der Waals surface area contributed by atoms with Gasteiger partial charge in [-0.1, -0.05) is 78.9 Å². The Labute approximate surface area is 235 Å². The summed E-state index contributed by atoms with van der Waals surface area (Å²) in [7, 11) is 0. The highest BCUT2D eigenvalue weighted by Gasteiger charge is 2.08. The second-order valence-corrected chi connectivity index (χ2v) is 9.49.